The summed E-state index contributed by atoms with van der Waals surface area (Å²) < 4.78 is 8.25. The van der Waals surface area contributed by atoms with Gasteiger partial charge in [0.25, 0.3) is 0 Å². The Morgan fingerprint density at radius 1 is 0.617 bits per heavy atom. The Bertz CT molecular complexity index is 2230. The minimum absolute atomic E-state index is 0.325. The highest BCUT2D eigenvalue weighted by atomic mass is 16.4. The molecule has 0 radical (unpaired) electrons. The average molecular weight is 616 g/mol. The standard InChI is InChI=1S/C43H39N2O2/c1-4-25-45-29-36-22-21-34(26-38(36)41(32-13-9-7-10-14-32)42(45)33-15-11-8-12-16-33)30-17-19-31(20-18-30)39-27-35-23-24-37(44(5-2)6-3)28-40(35)47-43(39)46/h7-24,26-29H,4-6,25H2,1-3H3/q+1. The van der Waals surface area contributed by atoms with Gasteiger partial charge in [-0.3, -0.25) is 0 Å². The smallest absolute Gasteiger partial charge is 0.344 e. The highest BCUT2D eigenvalue weighted by molar-refractivity contribution is 6.03. The van der Waals surface area contributed by atoms with Crippen molar-refractivity contribution in [3.05, 3.63) is 144 Å². The highest BCUT2D eigenvalue weighted by Gasteiger charge is 2.23. The van der Waals surface area contributed by atoms with Gasteiger partial charge >= 0.3 is 5.63 Å². The van der Waals surface area contributed by atoms with Crippen LogP contribution in [0.15, 0.2) is 143 Å². The first-order valence-corrected chi connectivity index (χ1v) is 16.6. The molecule has 4 heteroatoms. The zero-order valence-corrected chi connectivity index (χ0v) is 27.2. The Morgan fingerprint density at radius 2 is 1.26 bits per heavy atom. The lowest BCUT2D eigenvalue weighted by Crippen LogP contribution is -2.36. The summed E-state index contributed by atoms with van der Waals surface area (Å²) >= 11 is 0. The van der Waals surface area contributed by atoms with Gasteiger partial charge in [0.2, 0.25) is 5.69 Å². The Labute approximate surface area is 276 Å². The van der Waals surface area contributed by atoms with Crippen LogP contribution in [0.5, 0.6) is 0 Å². The quantitative estimate of drug-likeness (QED) is 0.120. The van der Waals surface area contributed by atoms with E-state index in [0.717, 1.165) is 53.8 Å². The number of hydrogen-bond donors (Lipinski definition) is 0. The van der Waals surface area contributed by atoms with Crippen LogP contribution < -0.4 is 15.1 Å². The molecule has 0 aliphatic rings. The van der Waals surface area contributed by atoms with Crippen LogP contribution in [-0.4, -0.2) is 13.1 Å². The van der Waals surface area contributed by atoms with E-state index >= 15 is 0 Å². The molecule has 0 N–H and O–H groups in total. The number of aryl methyl sites for hydroxylation is 1. The van der Waals surface area contributed by atoms with Crippen molar-refractivity contribution in [1.82, 2.24) is 0 Å². The molecule has 0 unspecified atom stereocenters. The minimum atomic E-state index is -0.325. The van der Waals surface area contributed by atoms with Gasteiger partial charge in [-0.2, -0.15) is 4.57 Å². The van der Waals surface area contributed by atoms with Crippen LogP contribution in [0.2, 0.25) is 0 Å². The second kappa shape index (κ2) is 13.1. The van der Waals surface area contributed by atoms with Gasteiger partial charge < -0.3 is 9.32 Å². The molecule has 0 aliphatic heterocycles. The number of benzene rings is 5. The molecule has 7 aromatic rings. The number of aromatic nitrogens is 1. The molecule has 2 heterocycles. The lowest BCUT2D eigenvalue weighted by molar-refractivity contribution is -0.684. The van der Waals surface area contributed by atoms with Crippen molar-refractivity contribution >= 4 is 27.4 Å². The van der Waals surface area contributed by atoms with E-state index in [-0.39, 0.29) is 5.63 Å². The number of anilines is 1. The van der Waals surface area contributed by atoms with Crippen LogP contribution in [0, 0.1) is 0 Å². The van der Waals surface area contributed by atoms with E-state index in [1.165, 1.54) is 33.2 Å². The van der Waals surface area contributed by atoms with Crippen molar-refractivity contribution in [3.8, 4) is 44.6 Å². The summed E-state index contributed by atoms with van der Waals surface area (Å²) in [5.74, 6) is 0. The maximum absolute atomic E-state index is 13.2. The van der Waals surface area contributed by atoms with Crippen LogP contribution >= 0.6 is 0 Å². The second-order valence-corrected chi connectivity index (χ2v) is 12.0. The van der Waals surface area contributed by atoms with Crippen molar-refractivity contribution in [1.29, 1.82) is 0 Å². The monoisotopic (exact) mass is 615 g/mol. The fourth-order valence-electron chi connectivity index (χ4n) is 6.72. The fourth-order valence-corrected chi connectivity index (χ4v) is 6.72. The first kappa shape index (κ1) is 30.2. The molecule has 0 saturated heterocycles. The summed E-state index contributed by atoms with van der Waals surface area (Å²) in [4.78, 5) is 15.4. The lowest BCUT2D eigenvalue weighted by Gasteiger charge is -2.21. The number of hydrogen-bond acceptors (Lipinski definition) is 3. The molecule has 232 valence electrons. The number of rotatable bonds is 9. The predicted molar refractivity (Wildman–Crippen MR) is 196 cm³/mol. The third kappa shape index (κ3) is 5.83. The summed E-state index contributed by atoms with van der Waals surface area (Å²) in [5.41, 5.74) is 9.84. The molecular formula is C43H39N2O2+. The van der Waals surface area contributed by atoms with Gasteiger partial charge in [0.05, 0.1) is 11.1 Å². The Kier molecular flexibility index (Phi) is 8.41. The average Bonchev–Trinajstić information content (AvgIpc) is 3.12. The first-order valence-electron chi connectivity index (χ1n) is 16.6. The summed E-state index contributed by atoms with van der Waals surface area (Å²) in [6, 6.07) is 44.5. The molecule has 47 heavy (non-hydrogen) atoms. The summed E-state index contributed by atoms with van der Waals surface area (Å²) in [6.45, 7) is 9.21. The zero-order valence-electron chi connectivity index (χ0n) is 27.2. The maximum Gasteiger partial charge on any atom is 0.344 e. The van der Waals surface area contributed by atoms with Gasteiger partial charge in [-0.15, -0.1) is 0 Å². The molecule has 4 nitrogen and oxygen atoms in total. The number of nitrogens with zero attached hydrogens (tertiary/aromatic N) is 2. The number of pyridine rings is 1. The van der Waals surface area contributed by atoms with Crippen LogP contribution in [0.4, 0.5) is 5.69 Å². The van der Waals surface area contributed by atoms with Crippen molar-refractivity contribution < 1.29 is 8.98 Å². The zero-order chi connectivity index (χ0) is 32.3. The van der Waals surface area contributed by atoms with Crippen LogP contribution in [0.25, 0.3) is 66.4 Å². The van der Waals surface area contributed by atoms with Gasteiger partial charge in [0.15, 0.2) is 6.20 Å². The highest BCUT2D eigenvalue weighted by Crippen LogP contribution is 2.38. The Hall–Kier alpha value is -5.48. The maximum atomic E-state index is 13.2. The normalized spacial score (nSPS) is 11.3. The lowest BCUT2D eigenvalue weighted by atomic mass is 9.91. The second-order valence-electron chi connectivity index (χ2n) is 12.0. The molecule has 0 spiro atoms. The van der Waals surface area contributed by atoms with Crippen molar-refractivity contribution in [2.24, 2.45) is 0 Å². The molecule has 5 aromatic carbocycles. The minimum Gasteiger partial charge on any atom is -0.422 e. The van der Waals surface area contributed by atoms with Crippen molar-refractivity contribution in [2.45, 2.75) is 33.7 Å². The van der Waals surface area contributed by atoms with E-state index in [2.05, 4.69) is 133 Å². The summed E-state index contributed by atoms with van der Waals surface area (Å²) in [6.07, 6.45) is 3.34. The molecule has 2 aromatic heterocycles. The van der Waals surface area contributed by atoms with Crippen LogP contribution in [0.1, 0.15) is 27.2 Å². The summed E-state index contributed by atoms with van der Waals surface area (Å²) in [5, 5.41) is 3.33. The molecule has 0 atom stereocenters. The van der Waals surface area contributed by atoms with E-state index < -0.39 is 0 Å². The van der Waals surface area contributed by atoms with Crippen molar-refractivity contribution in [3.63, 3.8) is 0 Å². The van der Waals surface area contributed by atoms with E-state index in [4.69, 9.17) is 4.42 Å². The molecule has 0 fully saturated rings. The van der Waals surface area contributed by atoms with E-state index in [9.17, 15) is 4.79 Å². The van der Waals surface area contributed by atoms with Gasteiger partial charge in [0, 0.05) is 53.0 Å². The molecule has 0 amide bonds. The largest absolute Gasteiger partial charge is 0.422 e. The number of fused-ring (bicyclic) bond motifs is 2. The van der Waals surface area contributed by atoms with Gasteiger partial charge in [-0.05, 0) is 78.6 Å². The molecular weight excluding hydrogens is 576 g/mol. The van der Waals surface area contributed by atoms with Crippen LogP contribution in [0.3, 0.4) is 0 Å². The Balaban J connectivity index is 1.32. The topological polar surface area (TPSA) is 37.3 Å². The Morgan fingerprint density at radius 3 is 1.94 bits per heavy atom. The van der Waals surface area contributed by atoms with E-state index in [1.807, 2.05) is 30.3 Å². The molecule has 0 saturated carbocycles. The molecule has 0 bridgehead atoms. The summed E-state index contributed by atoms with van der Waals surface area (Å²) in [7, 11) is 0. The van der Waals surface area contributed by atoms with Gasteiger partial charge in [-0.1, -0.05) is 85.8 Å². The SMILES string of the molecule is CCC[n+]1cc2ccc(-c3ccc(-c4cc5ccc(N(CC)CC)cc5oc4=O)cc3)cc2c(-c2ccccc2)c1-c1ccccc1. The third-order valence-electron chi connectivity index (χ3n) is 9.09. The van der Waals surface area contributed by atoms with Gasteiger partial charge in [0.1, 0.15) is 12.1 Å². The van der Waals surface area contributed by atoms with Crippen molar-refractivity contribution in [2.75, 3.05) is 18.0 Å². The van der Waals surface area contributed by atoms with Gasteiger partial charge in [-0.25, -0.2) is 4.79 Å². The molecule has 7 rings (SSSR count). The first-order chi connectivity index (χ1) is 23.1. The van der Waals surface area contributed by atoms with E-state index in [1.54, 1.807) is 0 Å². The fraction of sp³-hybridized carbons (Fsp3) is 0.163. The predicted octanol–water partition coefficient (Wildman–Crippen LogP) is 10.2. The third-order valence-corrected chi connectivity index (χ3v) is 9.09. The molecule has 0 aliphatic carbocycles. The van der Waals surface area contributed by atoms with Crippen LogP contribution in [-0.2, 0) is 6.54 Å². The van der Waals surface area contributed by atoms with E-state index in [0.29, 0.717) is 11.1 Å².